The van der Waals surface area contributed by atoms with Crippen molar-refractivity contribution in [3.8, 4) is 11.5 Å². The first-order chi connectivity index (χ1) is 18.0. The molecule has 1 aliphatic heterocycles. The van der Waals surface area contributed by atoms with Crippen molar-refractivity contribution >= 4 is 6.03 Å². The number of methoxy groups -OCH3 is 1. The molecule has 5 rings (SSSR count). The van der Waals surface area contributed by atoms with Crippen molar-refractivity contribution in [2.24, 2.45) is 0 Å². The molecule has 1 unspecified atom stereocenters. The zero-order valence-electron chi connectivity index (χ0n) is 22.0. The van der Waals surface area contributed by atoms with Gasteiger partial charge in [-0.1, -0.05) is 56.3 Å². The lowest BCUT2D eigenvalue weighted by atomic mass is 9.97. The van der Waals surface area contributed by atoms with Crippen LogP contribution in [-0.4, -0.2) is 45.5 Å². The van der Waals surface area contributed by atoms with Gasteiger partial charge in [0.25, 0.3) is 0 Å². The van der Waals surface area contributed by atoms with Crippen molar-refractivity contribution < 1.29 is 9.53 Å². The summed E-state index contributed by atoms with van der Waals surface area (Å²) in [6, 6.07) is 22.6. The molecule has 2 aromatic carbocycles. The smallest absolute Gasteiger partial charge is 0.318 e. The molecule has 0 aliphatic carbocycles. The summed E-state index contributed by atoms with van der Waals surface area (Å²) in [6.45, 7) is 8.02. The zero-order valence-corrected chi connectivity index (χ0v) is 22.0. The summed E-state index contributed by atoms with van der Waals surface area (Å²) >= 11 is 0. The summed E-state index contributed by atoms with van der Waals surface area (Å²) in [7, 11) is 1.68. The summed E-state index contributed by atoms with van der Waals surface area (Å²) in [5.74, 6) is 1.41. The highest BCUT2D eigenvalue weighted by Gasteiger charge is 2.35. The Kier molecular flexibility index (Phi) is 7.15. The highest BCUT2D eigenvalue weighted by molar-refractivity contribution is 5.76. The Labute approximate surface area is 218 Å². The van der Waals surface area contributed by atoms with Crippen LogP contribution in [0.2, 0.25) is 0 Å². The summed E-state index contributed by atoms with van der Waals surface area (Å²) in [4.78, 5) is 15.7. The second-order valence-corrected chi connectivity index (χ2v) is 9.87. The number of aromatic nitrogens is 3. The lowest BCUT2D eigenvalue weighted by Crippen LogP contribution is -2.42. The first kappa shape index (κ1) is 24.8. The number of ether oxygens (including phenoxy) is 1. The molecule has 1 aliphatic rings. The summed E-state index contributed by atoms with van der Waals surface area (Å²) in [5, 5.41) is 8.04. The minimum Gasteiger partial charge on any atom is -0.385 e. The van der Waals surface area contributed by atoms with Crippen molar-refractivity contribution in [2.45, 2.75) is 45.7 Å². The average molecular weight is 498 g/mol. The highest BCUT2D eigenvalue weighted by atomic mass is 16.5. The van der Waals surface area contributed by atoms with E-state index in [1.54, 1.807) is 7.11 Å². The number of nitrogens with zero attached hydrogens (tertiary/aromatic N) is 4. The van der Waals surface area contributed by atoms with Gasteiger partial charge < -0.3 is 19.5 Å². The van der Waals surface area contributed by atoms with Gasteiger partial charge in [0.2, 0.25) is 0 Å². The maximum Gasteiger partial charge on any atom is 0.318 e. The van der Waals surface area contributed by atoms with E-state index in [0.717, 1.165) is 40.4 Å². The first-order valence-electron chi connectivity index (χ1n) is 12.9. The Balaban J connectivity index is 1.64. The molecule has 4 aromatic rings. The molecular weight excluding hydrogens is 462 g/mol. The van der Waals surface area contributed by atoms with E-state index in [-0.39, 0.29) is 12.1 Å². The molecule has 3 heterocycles. The van der Waals surface area contributed by atoms with Crippen molar-refractivity contribution in [2.75, 3.05) is 20.3 Å². The standard InChI is InChI=1S/C30H35N5O2/c1-21(2)23-13-15-24(16-14-23)28-27-12-8-18-33(27)29-26(20-34(28)30(36)31-17-9-19-37-4)22(3)32-35(29)25-10-6-5-7-11-25/h5-8,10-16,18,21,28H,9,17,19-20H2,1-4H3,(H,31,36). The molecule has 0 saturated carbocycles. The molecule has 37 heavy (non-hydrogen) atoms. The largest absolute Gasteiger partial charge is 0.385 e. The second kappa shape index (κ2) is 10.6. The van der Waals surface area contributed by atoms with Gasteiger partial charge in [-0.05, 0) is 54.7 Å². The van der Waals surface area contributed by atoms with Crippen LogP contribution in [0.3, 0.4) is 0 Å². The normalized spacial score (nSPS) is 14.8. The molecule has 2 aromatic heterocycles. The summed E-state index contributed by atoms with van der Waals surface area (Å²) < 4.78 is 9.36. The number of hydrogen-bond donors (Lipinski definition) is 1. The van der Waals surface area contributed by atoms with Crippen LogP contribution < -0.4 is 5.32 Å². The Morgan fingerprint density at radius 1 is 1.08 bits per heavy atom. The molecule has 1 N–H and O–H groups in total. The van der Waals surface area contributed by atoms with Crippen molar-refractivity contribution in [1.29, 1.82) is 0 Å². The van der Waals surface area contributed by atoms with Gasteiger partial charge in [-0.2, -0.15) is 5.10 Å². The summed E-state index contributed by atoms with van der Waals surface area (Å²) in [5.41, 5.74) is 6.32. The topological polar surface area (TPSA) is 64.3 Å². The Bertz CT molecular complexity index is 1350. The van der Waals surface area contributed by atoms with Crippen molar-refractivity contribution in [3.63, 3.8) is 0 Å². The number of aryl methyl sites for hydroxylation is 1. The molecule has 192 valence electrons. The monoisotopic (exact) mass is 497 g/mol. The molecule has 7 heteroatoms. The third kappa shape index (κ3) is 4.79. The fourth-order valence-electron chi connectivity index (χ4n) is 5.08. The van der Waals surface area contributed by atoms with Crippen LogP contribution >= 0.6 is 0 Å². The number of nitrogens with one attached hydrogen (secondary N) is 1. The van der Waals surface area contributed by atoms with Gasteiger partial charge in [-0.3, -0.25) is 0 Å². The van der Waals surface area contributed by atoms with Crippen LogP contribution in [0, 0.1) is 6.92 Å². The number of fused-ring (bicyclic) bond motifs is 3. The number of carbonyl (C=O) groups excluding carboxylic acids is 1. The van der Waals surface area contributed by atoms with Gasteiger partial charge in [0, 0.05) is 32.0 Å². The zero-order chi connectivity index (χ0) is 25.9. The Hall–Kier alpha value is -3.84. The van der Waals surface area contributed by atoms with Gasteiger partial charge in [0.05, 0.1) is 29.7 Å². The van der Waals surface area contributed by atoms with Crippen molar-refractivity contribution in [1.82, 2.24) is 24.6 Å². The van der Waals surface area contributed by atoms with Crippen LogP contribution in [0.4, 0.5) is 4.79 Å². The van der Waals surface area contributed by atoms with Gasteiger partial charge in [0.1, 0.15) is 5.82 Å². The van der Waals surface area contributed by atoms with Crippen LogP contribution in [0.15, 0.2) is 72.9 Å². The predicted octanol–water partition coefficient (Wildman–Crippen LogP) is 5.75. The average Bonchev–Trinajstić information content (AvgIpc) is 3.47. The molecule has 0 radical (unpaired) electrons. The van der Waals surface area contributed by atoms with Crippen LogP contribution in [-0.2, 0) is 11.3 Å². The fourth-order valence-corrected chi connectivity index (χ4v) is 5.08. The number of rotatable bonds is 7. The molecule has 0 fully saturated rings. The fraction of sp³-hybridized carbons (Fsp3) is 0.333. The number of carbonyl (C=O) groups is 1. The Morgan fingerprint density at radius 2 is 1.84 bits per heavy atom. The van der Waals surface area contributed by atoms with E-state index in [4.69, 9.17) is 9.84 Å². The third-order valence-corrected chi connectivity index (χ3v) is 7.07. The van der Waals surface area contributed by atoms with Crippen molar-refractivity contribution in [3.05, 3.63) is 101 Å². The molecule has 2 amide bonds. The second-order valence-electron chi connectivity index (χ2n) is 9.87. The number of hydrogen-bond acceptors (Lipinski definition) is 3. The van der Waals surface area contributed by atoms with Crippen LogP contribution in [0.25, 0.3) is 11.5 Å². The maximum atomic E-state index is 13.7. The third-order valence-electron chi connectivity index (χ3n) is 7.07. The molecule has 7 nitrogen and oxygen atoms in total. The Morgan fingerprint density at radius 3 is 2.54 bits per heavy atom. The van der Waals surface area contributed by atoms with E-state index in [1.165, 1.54) is 5.56 Å². The van der Waals surface area contributed by atoms with Crippen LogP contribution in [0.1, 0.15) is 60.3 Å². The van der Waals surface area contributed by atoms with E-state index in [9.17, 15) is 4.79 Å². The highest BCUT2D eigenvalue weighted by Crippen LogP contribution is 2.38. The van der Waals surface area contributed by atoms with Gasteiger partial charge in [-0.15, -0.1) is 0 Å². The SMILES string of the molecule is COCCCNC(=O)N1Cc2c(C)nn(-c3ccccc3)c2-n2cccc2C1c1ccc(C(C)C)cc1. The van der Waals surface area contributed by atoms with Crippen LogP contribution in [0.5, 0.6) is 0 Å². The minimum atomic E-state index is -0.255. The molecule has 0 saturated heterocycles. The number of benzene rings is 2. The lowest BCUT2D eigenvalue weighted by molar-refractivity contribution is 0.174. The van der Waals surface area contributed by atoms with E-state index >= 15 is 0 Å². The number of amides is 2. The maximum absolute atomic E-state index is 13.7. The van der Waals surface area contributed by atoms with E-state index in [1.807, 2.05) is 40.8 Å². The first-order valence-corrected chi connectivity index (χ1v) is 12.9. The molecule has 0 bridgehead atoms. The molecular formula is C30H35N5O2. The van der Waals surface area contributed by atoms with E-state index < -0.39 is 0 Å². The van der Waals surface area contributed by atoms with E-state index in [0.29, 0.717) is 25.6 Å². The van der Waals surface area contributed by atoms with Gasteiger partial charge >= 0.3 is 6.03 Å². The molecule has 0 spiro atoms. The minimum absolute atomic E-state index is 0.0958. The predicted molar refractivity (Wildman–Crippen MR) is 145 cm³/mol. The number of urea groups is 1. The molecule has 1 atom stereocenters. The lowest BCUT2D eigenvalue weighted by Gasteiger charge is -2.31. The quantitative estimate of drug-likeness (QED) is 0.331. The summed E-state index contributed by atoms with van der Waals surface area (Å²) in [6.07, 6.45) is 2.83. The number of para-hydroxylation sites is 1. The van der Waals surface area contributed by atoms with Gasteiger partial charge in [-0.25, -0.2) is 9.48 Å². The van der Waals surface area contributed by atoms with Gasteiger partial charge in [0.15, 0.2) is 0 Å². The van der Waals surface area contributed by atoms with E-state index in [2.05, 4.69) is 72.4 Å².